The summed E-state index contributed by atoms with van der Waals surface area (Å²) in [5, 5.41) is 8.86. The Balaban J connectivity index is 1.88. The van der Waals surface area contributed by atoms with Crippen LogP contribution in [0.25, 0.3) is 0 Å². The van der Waals surface area contributed by atoms with Crippen LogP contribution >= 0.6 is 0 Å². The van der Waals surface area contributed by atoms with Gasteiger partial charge in [-0.25, -0.2) is 0 Å². The number of nitrogens with two attached hydrogens (primary N) is 1. The second-order valence-electron chi connectivity index (χ2n) is 4.33. The number of ether oxygens (including phenoxy) is 2. The molecule has 0 saturated heterocycles. The molecular weight excluding hydrogens is 252 g/mol. The Labute approximate surface area is 118 Å². The number of rotatable bonds is 5. The maximum absolute atomic E-state index is 8.86. The van der Waals surface area contributed by atoms with E-state index in [4.69, 9.17) is 20.5 Å². The molecule has 0 fully saturated rings. The Bertz CT molecular complexity index is 633. The van der Waals surface area contributed by atoms with Gasteiger partial charge in [0.1, 0.15) is 24.7 Å². The van der Waals surface area contributed by atoms with Gasteiger partial charge in [-0.2, -0.15) is 5.26 Å². The second kappa shape index (κ2) is 6.48. The third kappa shape index (κ3) is 3.42. The molecule has 0 amide bonds. The molecule has 0 aromatic heterocycles. The molecule has 0 aliphatic carbocycles. The average molecular weight is 268 g/mol. The van der Waals surface area contributed by atoms with Gasteiger partial charge >= 0.3 is 0 Å². The lowest BCUT2D eigenvalue weighted by atomic mass is 10.1. The molecule has 0 bridgehead atoms. The minimum atomic E-state index is 0.393. The molecule has 2 aromatic rings. The van der Waals surface area contributed by atoms with Crippen molar-refractivity contribution in [1.82, 2.24) is 0 Å². The molecule has 0 aliphatic heterocycles. The normalized spacial score (nSPS) is 9.80. The summed E-state index contributed by atoms with van der Waals surface area (Å²) < 4.78 is 11.2. The van der Waals surface area contributed by atoms with E-state index < -0.39 is 0 Å². The Hall–Kier alpha value is -2.67. The van der Waals surface area contributed by atoms with E-state index >= 15 is 0 Å². The molecule has 4 heteroatoms. The molecule has 2 aromatic carbocycles. The molecule has 2 rings (SSSR count). The fourth-order valence-electron chi connectivity index (χ4n) is 1.74. The SMILES string of the molecule is Cc1ccc(C#N)cc1OCCOc1ccccc1N. The first-order valence-corrected chi connectivity index (χ1v) is 6.31. The van der Waals surface area contributed by atoms with Crippen LogP contribution in [-0.4, -0.2) is 13.2 Å². The first-order valence-electron chi connectivity index (χ1n) is 6.31. The Kier molecular flexibility index (Phi) is 4.46. The number of para-hydroxylation sites is 2. The number of nitriles is 1. The highest BCUT2D eigenvalue weighted by molar-refractivity contribution is 5.51. The van der Waals surface area contributed by atoms with E-state index in [1.807, 2.05) is 31.2 Å². The summed E-state index contributed by atoms with van der Waals surface area (Å²) in [5.41, 5.74) is 7.95. The molecular formula is C16H16N2O2. The number of hydrogen-bond donors (Lipinski definition) is 1. The van der Waals surface area contributed by atoms with Crippen LogP contribution in [0, 0.1) is 18.3 Å². The smallest absolute Gasteiger partial charge is 0.142 e. The maximum Gasteiger partial charge on any atom is 0.142 e. The molecule has 20 heavy (non-hydrogen) atoms. The highest BCUT2D eigenvalue weighted by Gasteiger charge is 2.02. The summed E-state index contributed by atoms with van der Waals surface area (Å²) in [4.78, 5) is 0. The van der Waals surface area contributed by atoms with E-state index in [1.54, 1.807) is 18.2 Å². The fraction of sp³-hybridized carbons (Fsp3) is 0.188. The van der Waals surface area contributed by atoms with Crippen molar-refractivity contribution in [1.29, 1.82) is 5.26 Å². The van der Waals surface area contributed by atoms with E-state index in [0.717, 1.165) is 5.56 Å². The highest BCUT2D eigenvalue weighted by Crippen LogP contribution is 2.21. The van der Waals surface area contributed by atoms with Crippen LogP contribution in [0.3, 0.4) is 0 Å². The van der Waals surface area contributed by atoms with Gasteiger partial charge in [0, 0.05) is 0 Å². The molecule has 4 nitrogen and oxygen atoms in total. The average Bonchev–Trinajstić information content (AvgIpc) is 2.47. The Morgan fingerprint density at radius 3 is 2.45 bits per heavy atom. The van der Waals surface area contributed by atoms with Crippen molar-refractivity contribution >= 4 is 5.69 Å². The lowest BCUT2D eigenvalue weighted by Crippen LogP contribution is -2.10. The monoisotopic (exact) mass is 268 g/mol. The molecule has 0 atom stereocenters. The topological polar surface area (TPSA) is 68.3 Å². The lowest BCUT2D eigenvalue weighted by molar-refractivity contribution is 0.217. The van der Waals surface area contributed by atoms with Gasteiger partial charge in [-0.05, 0) is 36.8 Å². The maximum atomic E-state index is 8.86. The fourth-order valence-corrected chi connectivity index (χ4v) is 1.74. The zero-order valence-corrected chi connectivity index (χ0v) is 11.3. The van der Waals surface area contributed by atoms with Gasteiger partial charge in [0.2, 0.25) is 0 Å². The van der Waals surface area contributed by atoms with Crippen molar-refractivity contribution in [2.45, 2.75) is 6.92 Å². The van der Waals surface area contributed by atoms with Crippen molar-refractivity contribution in [3.63, 3.8) is 0 Å². The van der Waals surface area contributed by atoms with Gasteiger partial charge in [-0.1, -0.05) is 18.2 Å². The minimum absolute atomic E-state index is 0.393. The van der Waals surface area contributed by atoms with Gasteiger partial charge in [-0.3, -0.25) is 0 Å². The predicted octanol–water partition coefficient (Wildman–Crippen LogP) is 2.91. The zero-order valence-electron chi connectivity index (χ0n) is 11.3. The van der Waals surface area contributed by atoms with Gasteiger partial charge in [0.15, 0.2) is 0 Å². The van der Waals surface area contributed by atoms with Crippen molar-refractivity contribution in [2.75, 3.05) is 18.9 Å². The summed E-state index contributed by atoms with van der Waals surface area (Å²) in [7, 11) is 0. The van der Waals surface area contributed by atoms with Gasteiger partial charge in [0.25, 0.3) is 0 Å². The highest BCUT2D eigenvalue weighted by atomic mass is 16.5. The van der Waals surface area contributed by atoms with Crippen LogP contribution in [0.15, 0.2) is 42.5 Å². The summed E-state index contributed by atoms with van der Waals surface area (Å²) in [6.45, 7) is 2.72. The summed E-state index contributed by atoms with van der Waals surface area (Å²) >= 11 is 0. The number of hydrogen-bond acceptors (Lipinski definition) is 4. The molecule has 0 aliphatic rings. The van der Waals surface area contributed by atoms with Crippen molar-refractivity contribution < 1.29 is 9.47 Å². The summed E-state index contributed by atoms with van der Waals surface area (Å²) in [5.74, 6) is 1.35. The predicted molar refractivity (Wildman–Crippen MR) is 77.7 cm³/mol. The minimum Gasteiger partial charge on any atom is -0.490 e. The van der Waals surface area contributed by atoms with Crippen molar-refractivity contribution in [3.05, 3.63) is 53.6 Å². The molecule has 0 spiro atoms. The lowest BCUT2D eigenvalue weighted by Gasteiger charge is -2.11. The number of aryl methyl sites for hydroxylation is 1. The van der Waals surface area contributed by atoms with Crippen molar-refractivity contribution in [2.24, 2.45) is 0 Å². The first-order chi connectivity index (χ1) is 9.70. The number of nitrogen functional groups attached to an aromatic ring is 1. The van der Waals surface area contributed by atoms with Gasteiger partial charge in [0.05, 0.1) is 17.3 Å². The van der Waals surface area contributed by atoms with E-state index in [1.165, 1.54) is 0 Å². The summed E-state index contributed by atoms with van der Waals surface area (Å²) in [6, 6.07) is 14.8. The van der Waals surface area contributed by atoms with E-state index in [-0.39, 0.29) is 0 Å². The van der Waals surface area contributed by atoms with E-state index in [0.29, 0.717) is 36.0 Å². The number of benzene rings is 2. The molecule has 0 unspecified atom stereocenters. The largest absolute Gasteiger partial charge is 0.490 e. The van der Waals surface area contributed by atoms with Crippen LogP contribution in [-0.2, 0) is 0 Å². The third-order valence-corrected chi connectivity index (χ3v) is 2.83. The van der Waals surface area contributed by atoms with E-state index in [9.17, 15) is 0 Å². The molecule has 0 saturated carbocycles. The quantitative estimate of drug-likeness (QED) is 0.668. The summed E-state index contributed by atoms with van der Waals surface area (Å²) in [6.07, 6.45) is 0. The van der Waals surface area contributed by atoms with Crippen LogP contribution < -0.4 is 15.2 Å². The number of anilines is 1. The first kappa shape index (κ1) is 13.8. The van der Waals surface area contributed by atoms with Crippen molar-refractivity contribution in [3.8, 4) is 17.6 Å². The Morgan fingerprint density at radius 1 is 1.05 bits per heavy atom. The van der Waals surface area contributed by atoms with Gasteiger partial charge < -0.3 is 15.2 Å². The molecule has 102 valence electrons. The van der Waals surface area contributed by atoms with Crippen LogP contribution in [0.1, 0.15) is 11.1 Å². The molecule has 0 heterocycles. The van der Waals surface area contributed by atoms with Gasteiger partial charge in [-0.15, -0.1) is 0 Å². The third-order valence-electron chi connectivity index (χ3n) is 2.83. The zero-order chi connectivity index (χ0) is 14.4. The second-order valence-corrected chi connectivity index (χ2v) is 4.33. The number of nitrogens with zero attached hydrogens (tertiary/aromatic N) is 1. The molecule has 2 N–H and O–H groups in total. The van der Waals surface area contributed by atoms with Crippen LogP contribution in [0.5, 0.6) is 11.5 Å². The van der Waals surface area contributed by atoms with Crippen LogP contribution in [0.2, 0.25) is 0 Å². The Morgan fingerprint density at radius 2 is 1.75 bits per heavy atom. The van der Waals surface area contributed by atoms with E-state index in [2.05, 4.69) is 6.07 Å². The standard InChI is InChI=1S/C16H16N2O2/c1-12-6-7-13(11-17)10-16(12)20-9-8-19-15-5-3-2-4-14(15)18/h2-7,10H,8-9,18H2,1H3. The molecule has 0 radical (unpaired) electrons. The van der Waals surface area contributed by atoms with Crippen LogP contribution in [0.4, 0.5) is 5.69 Å².